The van der Waals surface area contributed by atoms with Gasteiger partial charge in [-0.2, -0.15) is 0 Å². The van der Waals surface area contributed by atoms with Crippen LogP contribution in [0.3, 0.4) is 0 Å². The maximum absolute atomic E-state index is 12.3. The zero-order chi connectivity index (χ0) is 16.8. The molecule has 3 rings (SSSR count). The minimum Gasteiger partial charge on any atom is -0.497 e. The molecule has 1 saturated carbocycles. The van der Waals surface area contributed by atoms with Crippen LogP contribution in [0.2, 0.25) is 0 Å². The minimum atomic E-state index is -0.00240. The fourth-order valence-electron chi connectivity index (χ4n) is 3.81. The Labute approximate surface area is 144 Å². The molecule has 5 nitrogen and oxygen atoms in total. The highest BCUT2D eigenvalue weighted by atomic mass is 16.5. The van der Waals surface area contributed by atoms with Gasteiger partial charge in [-0.05, 0) is 43.7 Å². The number of hydrogen-bond acceptors (Lipinski definition) is 4. The third kappa shape index (κ3) is 4.41. The van der Waals surface area contributed by atoms with Crippen LogP contribution in [0.5, 0.6) is 11.5 Å². The molecule has 24 heavy (non-hydrogen) atoms. The van der Waals surface area contributed by atoms with Gasteiger partial charge in [-0.3, -0.25) is 4.79 Å². The Morgan fingerprint density at radius 2 is 2.12 bits per heavy atom. The quantitative estimate of drug-likeness (QED) is 0.753. The van der Waals surface area contributed by atoms with Gasteiger partial charge >= 0.3 is 0 Å². The predicted octanol–water partition coefficient (Wildman–Crippen LogP) is 2.50. The molecular weight excluding hydrogens is 304 g/mol. The van der Waals surface area contributed by atoms with Crippen molar-refractivity contribution in [2.24, 2.45) is 5.92 Å². The Bertz CT molecular complexity index is 535. The van der Waals surface area contributed by atoms with E-state index < -0.39 is 0 Å². The van der Waals surface area contributed by atoms with E-state index in [0.717, 1.165) is 24.3 Å². The molecule has 1 aromatic rings. The van der Waals surface area contributed by atoms with E-state index >= 15 is 0 Å². The van der Waals surface area contributed by atoms with Crippen LogP contribution in [0.25, 0.3) is 0 Å². The summed E-state index contributed by atoms with van der Waals surface area (Å²) in [6.07, 6.45) is 6.90. The van der Waals surface area contributed by atoms with Crippen molar-refractivity contribution < 1.29 is 14.3 Å². The zero-order valence-corrected chi connectivity index (χ0v) is 14.4. The number of carbonyl (C=O) groups is 1. The van der Waals surface area contributed by atoms with Crippen LogP contribution in [-0.4, -0.2) is 38.3 Å². The van der Waals surface area contributed by atoms with E-state index in [1.54, 1.807) is 7.11 Å². The third-order valence-electron chi connectivity index (χ3n) is 5.11. The molecule has 1 amide bonds. The fourth-order valence-corrected chi connectivity index (χ4v) is 3.81. The average molecular weight is 332 g/mol. The molecule has 132 valence electrons. The van der Waals surface area contributed by atoms with Crippen LogP contribution < -0.4 is 20.1 Å². The highest BCUT2D eigenvalue weighted by Gasteiger charge is 2.37. The summed E-state index contributed by atoms with van der Waals surface area (Å²) >= 11 is 0. The number of rotatable bonds is 7. The van der Waals surface area contributed by atoms with Crippen molar-refractivity contribution in [3.8, 4) is 11.5 Å². The lowest BCUT2D eigenvalue weighted by Crippen LogP contribution is -2.43. The minimum absolute atomic E-state index is 0.00240. The molecule has 0 aromatic heterocycles. The normalized spacial score (nSPS) is 25.8. The Morgan fingerprint density at radius 1 is 1.29 bits per heavy atom. The molecule has 2 fully saturated rings. The van der Waals surface area contributed by atoms with Gasteiger partial charge in [0.1, 0.15) is 11.5 Å². The van der Waals surface area contributed by atoms with E-state index in [-0.39, 0.29) is 11.9 Å². The summed E-state index contributed by atoms with van der Waals surface area (Å²) in [6, 6.07) is 8.12. The van der Waals surface area contributed by atoms with Crippen LogP contribution in [0, 0.1) is 5.92 Å². The van der Waals surface area contributed by atoms with Crippen molar-refractivity contribution in [3.05, 3.63) is 24.3 Å². The lowest BCUT2D eigenvalue weighted by Gasteiger charge is -2.24. The van der Waals surface area contributed by atoms with Crippen LogP contribution in [0.4, 0.5) is 0 Å². The van der Waals surface area contributed by atoms with Crippen molar-refractivity contribution >= 4 is 5.91 Å². The van der Waals surface area contributed by atoms with Gasteiger partial charge in [0.05, 0.1) is 19.8 Å². The van der Waals surface area contributed by atoms with Crippen molar-refractivity contribution in [2.45, 2.75) is 50.6 Å². The van der Waals surface area contributed by atoms with Gasteiger partial charge in [-0.1, -0.05) is 18.9 Å². The molecule has 1 aliphatic carbocycles. The molecule has 5 heteroatoms. The molecule has 0 spiro atoms. The second kappa shape index (κ2) is 8.38. The molecule has 3 atom stereocenters. The average Bonchev–Trinajstić information content (AvgIpc) is 3.06. The van der Waals surface area contributed by atoms with Crippen LogP contribution in [0.15, 0.2) is 24.3 Å². The van der Waals surface area contributed by atoms with Crippen molar-refractivity contribution in [2.75, 3.05) is 20.3 Å². The van der Waals surface area contributed by atoms with E-state index in [9.17, 15) is 4.79 Å². The summed E-state index contributed by atoms with van der Waals surface area (Å²) in [5.74, 6) is 2.42. The SMILES string of the molecule is COc1cccc(OCCCNC(=O)C2CC3CCCCC3N2)c1. The summed E-state index contributed by atoms with van der Waals surface area (Å²) in [4.78, 5) is 12.3. The molecule has 1 heterocycles. The number of benzene rings is 1. The van der Waals surface area contributed by atoms with E-state index in [0.29, 0.717) is 25.1 Å². The Kier molecular flexibility index (Phi) is 5.96. The fraction of sp³-hybridized carbons (Fsp3) is 0.632. The van der Waals surface area contributed by atoms with Gasteiger partial charge in [0, 0.05) is 18.7 Å². The second-order valence-corrected chi connectivity index (χ2v) is 6.78. The van der Waals surface area contributed by atoms with Crippen molar-refractivity contribution in [1.29, 1.82) is 0 Å². The number of methoxy groups -OCH3 is 1. The molecule has 3 unspecified atom stereocenters. The van der Waals surface area contributed by atoms with Crippen LogP contribution in [0.1, 0.15) is 38.5 Å². The van der Waals surface area contributed by atoms with Crippen LogP contribution >= 0.6 is 0 Å². The van der Waals surface area contributed by atoms with E-state index in [1.165, 1.54) is 25.7 Å². The number of fused-ring (bicyclic) bond motifs is 1. The first-order valence-electron chi connectivity index (χ1n) is 9.07. The van der Waals surface area contributed by atoms with E-state index in [1.807, 2.05) is 24.3 Å². The summed E-state index contributed by atoms with van der Waals surface area (Å²) < 4.78 is 10.9. The first kappa shape index (κ1) is 17.1. The molecular formula is C19H28N2O3. The maximum Gasteiger partial charge on any atom is 0.237 e. The molecule has 0 bridgehead atoms. The number of hydrogen-bond donors (Lipinski definition) is 2. The van der Waals surface area contributed by atoms with Gasteiger partial charge in [0.25, 0.3) is 0 Å². The predicted molar refractivity (Wildman–Crippen MR) is 93.4 cm³/mol. The standard InChI is InChI=1S/C19H28N2O3/c1-23-15-7-4-8-16(13-15)24-11-5-10-20-19(22)18-12-14-6-2-3-9-17(14)21-18/h4,7-8,13-14,17-18,21H,2-3,5-6,9-12H2,1H3,(H,20,22). The van der Waals surface area contributed by atoms with Crippen molar-refractivity contribution in [3.63, 3.8) is 0 Å². The molecule has 1 aliphatic heterocycles. The lowest BCUT2D eigenvalue weighted by molar-refractivity contribution is -0.122. The molecule has 1 aromatic carbocycles. The monoisotopic (exact) mass is 332 g/mol. The van der Waals surface area contributed by atoms with E-state index in [4.69, 9.17) is 9.47 Å². The Balaban J connectivity index is 1.32. The topological polar surface area (TPSA) is 59.6 Å². The highest BCUT2D eigenvalue weighted by Crippen LogP contribution is 2.33. The van der Waals surface area contributed by atoms with Gasteiger partial charge < -0.3 is 20.1 Å². The van der Waals surface area contributed by atoms with Gasteiger partial charge in [0.2, 0.25) is 5.91 Å². The highest BCUT2D eigenvalue weighted by molar-refractivity contribution is 5.82. The Morgan fingerprint density at radius 3 is 2.96 bits per heavy atom. The smallest absolute Gasteiger partial charge is 0.237 e. The maximum atomic E-state index is 12.3. The summed E-state index contributed by atoms with van der Waals surface area (Å²) in [6.45, 7) is 1.23. The summed E-state index contributed by atoms with van der Waals surface area (Å²) in [5, 5.41) is 6.55. The molecule has 0 radical (unpaired) electrons. The first-order chi connectivity index (χ1) is 11.8. The zero-order valence-electron chi connectivity index (χ0n) is 14.4. The lowest BCUT2D eigenvalue weighted by atomic mass is 9.85. The second-order valence-electron chi connectivity index (χ2n) is 6.78. The number of ether oxygens (including phenoxy) is 2. The largest absolute Gasteiger partial charge is 0.497 e. The number of nitrogens with one attached hydrogen (secondary N) is 2. The van der Waals surface area contributed by atoms with Crippen LogP contribution in [-0.2, 0) is 4.79 Å². The van der Waals surface area contributed by atoms with Gasteiger partial charge in [-0.25, -0.2) is 0 Å². The summed E-state index contributed by atoms with van der Waals surface area (Å²) in [7, 11) is 1.64. The van der Waals surface area contributed by atoms with Gasteiger partial charge in [-0.15, -0.1) is 0 Å². The number of carbonyl (C=O) groups excluding carboxylic acids is 1. The molecule has 2 N–H and O–H groups in total. The third-order valence-corrected chi connectivity index (χ3v) is 5.11. The molecule has 1 saturated heterocycles. The number of amides is 1. The summed E-state index contributed by atoms with van der Waals surface area (Å²) in [5.41, 5.74) is 0. The Hall–Kier alpha value is -1.75. The van der Waals surface area contributed by atoms with Crippen molar-refractivity contribution in [1.82, 2.24) is 10.6 Å². The van der Waals surface area contributed by atoms with E-state index in [2.05, 4.69) is 10.6 Å². The molecule has 2 aliphatic rings. The first-order valence-corrected chi connectivity index (χ1v) is 9.07. The van der Waals surface area contributed by atoms with Gasteiger partial charge in [0.15, 0.2) is 0 Å².